The molecule has 5 rings (SSSR count). The van der Waals surface area contributed by atoms with Gasteiger partial charge in [0.1, 0.15) is 0 Å². The Hall–Kier alpha value is -2.86. The van der Waals surface area contributed by atoms with Crippen molar-refractivity contribution in [3.63, 3.8) is 0 Å². The van der Waals surface area contributed by atoms with Crippen molar-refractivity contribution in [3.8, 4) is 0 Å². The molecule has 2 N–H and O–H groups in total. The molecule has 1 aromatic heterocycles. The van der Waals surface area contributed by atoms with Crippen LogP contribution in [0.4, 0.5) is 11.5 Å². The molecule has 0 aliphatic carbocycles. The number of H-pyrrole nitrogens is 1. The highest BCUT2D eigenvalue weighted by molar-refractivity contribution is 5.95. The molecule has 0 atom stereocenters. The molecule has 1 amide bonds. The topological polar surface area (TPSA) is 64.3 Å². The number of carbonyl (C=O) groups excluding carboxylic acids is 1. The Kier molecular flexibility index (Phi) is 5.18. The summed E-state index contributed by atoms with van der Waals surface area (Å²) in [6.45, 7) is 9.62. The lowest BCUT2D eigenvalue weighted by Gasteiger charge is -2.35. The number of aromatic nitrogens is 2. The van der Waals surface area contributed by atoms with Crippen molar-refractivity contribution in [1.82, 2.24) is 15.1 Å². The van der Waals surface area contributed by atoms with Gasteiger partial charge in [0.2, 0.25) is 5.91 Å². The highest BCUT2D eigenvalue weighted by atomic mass is 16.1. The molecule has 0 radical (unpaired) electrons. The Morgan fingerprint density at radius 2 is 1.87 bits per heavy atom. The molecular formula is C25H31N5O. The largest absolute Gasteiger partial charge is 0.352 e. The number of aromatic amines is 1. The molecule has 0 bridgehead atoms. The number of piperazine rings is 1. The molecule has 2 aromatic carbocycles. The Balaban J connectivity index is 1.14. The van der Waals surface area contributed by atoms with Crippen LogP contribution in [0.2, 0.25) is 0 Å². The van der Waals surface area contributed by atoms with E-state index < -0.39 is 0 Å². The van der Waals surface area contributed by atoms with Gasteiger partial charge in [0.05, 0.1) is 5.52 Å². The number of nitrogens with zero attached hydrogens (tertiary/aromatic N) is 3. The second kappa shape index (κ2) is 8.00. The number of nitrogens with one attached hydrogen (secondary N) is 2. The maximum Gasteiger partial charge on any atom is 0.225 e. The van der Waals surface area contributed by atoms with Crippen molar-refractivity contribution < 1.29 is 4.79 Å². The van der Waals surface area contributed by atoms with E-state index in [2.05, 4.69) is 75.6 Å². The van der Waals surface area contributed by atoms with Crippen LogP contribution >= 0.6 is 0 Å². The first-order chi connectivity index (χ1) is 15.0. The molecule has 31 heavy (non-hydrogen) atoms. The molecule has 0 unspecified atom stereocenters. The van der Waals surface area contributed by atoms with Crippen molar-refractivity contribution >= 4 is 28.3 Å². The van der Waals surface area contributed by atoms with E-state index in [1.165, 1.54) is 16.5 Å². The minimum absolute atomic E-state index is 0.0968. The van der Waals surface area contributed by atoms with Crippen LogP contribution in [0.3, 0.4) is 0 Å². The second-order valence-corrected chi connectivity index (χ2v) is 9.51. The van der Waals surface area contributed by atoms with Crippen molar-refractivity contribution in [2.75, 3.05) is 42.9 Å². The van der Waals surface area contributed by atoms with Crippen LogP contribution < -0.4 is 10.2 Å². The zero-order valence-electron chi connectivity index (χ0n) is 18.4. The quantitative estimate of drug-likeness (QED) is 0.660. The van der Waals surface area contributed by atoms with Gasteiger partial charge in [0.15, 0.2) is 5.82 Å². The summed E-state index contributed by atoms with van der Waals surface area (Å²) >= 11 is 0. The van der Waals surface area contributed by atoms with Crippen LogP contribution in [-0.2, 0) is 16.6 Å². The fraction of sp³-hybridized carbons (Fsp3) is 0.440. The summed E-state index contributed by atoms with van der Waals surface area (Å²) in [4.78, 5) is 16.9. The van der Waals surface area contributed by atoms with Gasteiger partial charge in [-0.2, -0.15) is 5.10 Å². The monoisotopic (exact) mass is 417 g/mol. The smallest absolute Gasteiger partial charge is 0.225 e. The predicted octanol–water partition coefficient (Wildman–Crippen LogP) is 3.94. The van der Waals surface area contributed by atoms with Crippen LogP contribution in [0.25, 0.3) is 10.9 Å². The number of rotatable bonds is 5. The third-order valence-electron chi connectivity index (χ3n) is 6.75. The van der Waals surface area contributed by atoms with E-state index in [-0.39, 0.29) is 11.3 Å². The molecule has 6 heteroatoms. The lowest BCUT2D eigenvalue weighted by atomic mass is 9.77. The van der Waals surface area contributed by atoms with Crippen LogP contribution in [0, 0.1) is 0 Å². The molecule has 2 aliphatic heterocycles. The number of benzene rings is 2. The van der Waals surface area contributed by atoms with Crippen molar-refractivity contribution in [3.05, 3.63) is 53.6 Å². The Morgan fingerprint density at radius 1 is 1.06 bits per heavy atom. The zero-order valence-corrected chi connectivity index (χ0v) is 18.4. The summed E-state index contributed by atoms with van der Waals surface area (Å²) in [6, 6.07) is 14.9. The average Bonchev–Trinajstić information content (AvgIpc) is 3.18. The number of fused-ring (bicyclic) bond motifs is 2. The summed E-state index contributed by atoms with van der Waals surface area (Å²) in [6.07, 6.45) is 2.78. The van der Waals surface area contributed by atoms with Gasteiger partial charge in [-0.15, -0.1) is 0 Å². The average molecular weight is 418 g/mol. The van der Waals surface area contributed by atoms with Crippen LogP contribution in [0.1, 0.15) is 37.8 Å². The van der Waals surface area contributed by atoms with Crippen LogP contribution in [-0.4, -0.2) is 53.7 Å². The van der Waals surface area contributed by atoms with Gasteiger partial charge in [0.25, 0.3) is 0 Å². The van der Waals surface area contributed by atoms with Gasteiger partial charge in [-0.05, 0) is 48.7 Å². The van der Waals surface area contributed by atoms with Gasteiger partial charge >= 0.3 is 0 Å². The first kappa shape index (κ1) is 20.1. The highest BCUT2D eigenvalue weighted by Gasteiger charge is 2.31. The zero-order chi connectivity index (χ0) is 21.4. The van der Waals surface area contributed by atoms with E-state index >= 15 is 0 Å². The van der Waals surface area contributed by atoms with Gasteiger partial charge < -0.3 is 10.2 Å². The van der Waals surface area contributed by atoms with Gasteiger partial charge in [0, 0.05) is 49.1 Å². The van der Waals surface area contributed by atoms with Crippen molar-refractivity contribution in [1.29, 1.82) is 0 Å². The number of para-hydroxylation sites is 1. The van der Waals surface area contributed by atoms with Gasteiger partial charge in [-0.3, -0.25) is 14.8 Å². The molecule has 6 nitrogen and oxygen atoms in total. The number of amides is 1. The van der Waals surface area contributed by atoms with Crippen molar-refractivity contribution in [2.45, 2.75) is 38.5 Å². The van der Waals surface area contributed by atoms with E-state index in [4.69, 9.17) is 0 Å². The molecule has 3 heterocycles. The SMILES string of the molecule is CC1(C)CC(=O)Nc2ccc(CCCN3CCN(c4n[nH]c5ccccc45)CC3)cc21. The van der Waals surface area contributed by atoms with Crippen LogP contribution in [0.15, 0.2) is 42.5 Å². The molecule has 1 saturated heterocycles. The molecule has 3 aromatic rings. The molecule has 0 spiro atoms. The van der Waals surface area contributed by atoms with E-state index in [1.807, 2.05) is 6.07 Å². The molecular weight excluding hydrogens is 386 g/mol. The van der Waals surface area contributed by atoms with Gasteiger partial charge in [-0.25, -0.2) is 0 Å². The minimum atomic E-state index is -0.0968. The van der Waals surface area contributed by atoms with E-state index in [0.717, 1.165) is 62.6 Å². The van der Waals surface area contributed by atoms with Crippen LogP contribution in [0.5, 0.6) is 0 Å². The standard InChI is InChI=1S/C25H31N5O/c1-25(2)17-23(31)26-22-10-9-18(16-20(22)25)6-5-11-29-12-14-30(15-13-29)24-19-7-3-4-8-21(19)27-28-24/h3-4,7-10,16H,5-6,11-15,17H2,1-2H3,(H,26,31)(H,27,28). The van der Waals surface area contributed by atoms with Crippen molar-refractivity contribution in [2.24, 2.45) is 0 Å². The number of hydrogen-bond donors (Lipinski definition) is 2. The summed E-state index contributed by atoms with van der Waals surface area (Å²) < 4.78 is 0. The maximum absolute atomic E-state index is 11.9. The fourth-order valence-corrected chi connectivity index (χ4v) is 4.99. The summed E-state index contributed by atoms with van der Waals surface area (Å²) in [5.74, 6) is 1.20. The molecule has 1 fully saturated rings. The van der Waals surface area contributed by atoms with E-state index in [9.17, 15) is 4.79 Å². The number of anilines is 2. The minimum Gasteiger partial charge on any atom is -0.352 e. The lowest BCUT2D eigenvalue weighted by molar-refractivity contribution is -0.117. The molecule has 2 aliphatic rings. The number of hydrogen-bond acceptors (Lipinski definition) is 4. The van der Waals surface area contributed by atoms with E-state index in [0.29, 0.717) is 6.42 Å². The second-order valence-electron chi connectivity index (χ2n) is 9.51. The van der Waals surface area contributed by atoms with E-state index in [1.54, 1.807) is 0 Å². The lowest BCUT2D eigenvalue weighted by Crippen LogP contribution is -2.46. The first-order valence-electron chi connectivity index (χ1n) is 11.3. The Labute approximate surface area is 183 Å². The summed E-state index contributed by atoms with van der Waals surface area (Å²) in [7, 11) is 0. The predicted molar refractivity (Wildman–Crippen MR) is 126 cm³/mol. The molecule has 0 saturated carbocycles. The summed E-state index contributed by atoms with van der Waals surface area (Å²) in [5, 5.41) is 11.9. The summed E-state index contributed by atoms with van der Waals surface area (Å²) in [5.41, 5.74) is 4.62. The normalized spacial score (nSPS) is 18.8. The first-order valence-corrected chi connectivity index (χ1v) is 11.3. The third-order valence-corrected chi connectivity index (χ3v) is 6.75. The Morgan fingerprint density at radius 3 is 2.71 bits per heavy atom. The van der Waals surface area contributed by atoms with Gasteiger partial charge in [-0.1, -0.05) is 38.1 Å². The Bertz CT molecular complexity index is 1090. The highest BCUT2D eigenvalue weighted by Crippen LogP contribution is 2.37. The third kappa shape index (κ3) is 4.04. The number of aryl methyl sites for hydroxylation is 1. The fourth-order valence-electron chi connectivity index (χ4n) is 4.99. The number of carbonyl (C=O) groups is 1. The maximum atomic E-state index is 11.9. The molecule has 162 valence electrons.